The molecule has 4 unspecified atom stereocenters. The zero-order chi connectivity index (χ0) is 25.4. The van der Waals surface area contributed by atoms with Crippen molar-refractivity contribution in [1.29, 1.82) is 0 Å². The third-order valence-electron chi connectivity index (χ3n) is 7.78. The molecule has 0 aliphatic carbocycles. The number of amides is 3. The molecule has 188 valence electrons. The van der Waals surface area contributed by atoms with Crippen LogP contribution in [0.25, 0.3) is 10.9 Å². The number of aromatic amines is 1. The standard InChI is InChI=1S/C29H34N4O3/c1-4-6-15-30-28(35)24(17(3)5-2)32-27(34)23-16-21-18-11-9-10-14-22(18)31-25(21)26-19-12-7-8-13-20(19)29(36)33(23)26/h7-14,17,23-24,26,31H,4-6,15-16H2,1-3H3,(H,30,35)(H,32,34). The number of para-hydroxylation sites is 1. The summed E-state index contributed by atoms with van der Waals surface area (Å²) in [5, 5.41) is 7.08. The van der Waals surface area contributed by atoms with Gasteiger partial charge in [-0.1, -0.05) is 70.0 Å². The Morgan fingerprint density at radius 2 is 1.86 bits per heavy atom. The minimum absolute atomic E-state index is 0.0370. The van der Waals surface area contributed by atoms with Crippen molar-refractivity contribution < 1.29 is 14.4 Å². The van der Waals surface area contributed by atoms with Crippen LogP contribution in [0.2, 0.25) is 0 Å². The molecule has 3 heterocycles. The molecule has 0 saturated heterocycles. The molecule has 2 aromatic carbocycles. The Balaban J connectivity index is 1.52. The summed E-state index contributed by atoms with van der Waals surface area (Å²) in [4.78, 5) is 45.8. The molecule has 2 aliphatic rings. The summed E-state index contributed by atoms with van der Waals surface area (Å²) < 4.78 is 0. The van der Waals surface area contributed by atoms with Crippen LogP contribution in [0.15, 0.2) is 48.5 Å². The SMILES string of the molecule is CCCCNC(=O)C(NC(=O)C1Cc2c([nH]c3ccccc23)C2c3ccccc3C(=O)N12)C(C)CC. The van der Waals surface area contributed by atoms with Gasteiger partial charge in [-0.2, -0.15) is 0 Å². The molecule has 0 spiro atoms. The summed E-state index contributed by atoms with van der Waals surface area (Å²) in [6.45, 7) is 6.65. The van der Waals surface area contributed by atoms with E-state index in [-0.39, 0.29) is 29.7 Å². The predicted molar refractivity (Wildman–Crippen MR) is 140 cm³/mol. The van der Waals surface area contributed by atoms with Crippen LogP contribution in [0, 0.1) is 5.92 Å². The molecule has 36 heavy (non-hydrogen) atoms. The van der Waals surface area contributed by atoms with E-state index in [0.717, 1.165) is 47.0 Å². The van der Waals surface area contributed by atoms with Gasteiger partial charge in [-0.3, -0.25) is 14.4 Å². The smallest absolute Gasteiger partial charge is 0.255 e. The lowest BCUT2D eigenvalue weighted by molar-refractivity contribution is -0.133. The summed E-state index contributed by atoms with van der Waals surface area (Å²) in [5.41, 5.74) is 4.55. The predicted octanol–water partition coefficient (Wildman–Crippen LogP) is 4.09. The topological polar surface area (TPSA) is 94.3 Å². The summed E-state index contributed by atoms with van der Waals surface area (Å²) in [6.07, 6.45) is 3.02. The highest BCUT2D eigenvalue weighted by atomic mass is 16.2. The van der Waals surface area contributed by atoms with Crippen molar-refractivity contribution in [2.24, 2.45) is 5.92 Å². The fraction of sp³-hybridized carbons (Fsp3) is 0.414. The monoisotopic (exact) mass is 486 g/mol. The van der Waals surface area contributed by atoms with Gasteiger partial charge in [0.05, 0.1) is 6.04 Å². The van der Waals surface area contributed by atoms with Crippen molar-refractivity contribution >= 4 is 28.6 Å². The molecule has 4 atom stereocenters. The molecule has 7 heteroatoms. The number of fused-ring (bicyclic) bond motifs is 7. The highest BCUT2D eigenvalue weighted by molar-refractivity contribution is 6.04. The quantitative estimate of drug-likeness (QED) is 0.419. The molecular weight excluding hydrogens is 452 g/mol. The van der Waals surface area contributed by atoms with Crippen LogP contribution in [0.5, 0.6) is 0 Å². The van der Waals surface area contributed by atoms with E-state index in [0.29, 0.717) is 18.5 Å². The first-order valence-electron chi connectivity index (χ1n) is 13.0. The third kappa shape index (κ3) is 3.96. The van der Waals surface area contributed by atoms with E-state index in [2.05, 4.69) is 28.6 Å². The molecule has 0 saturated carbocycles. The second-order valence-corrected chi connectivity index (χ2v) is 10.0. The second-order valence-electron chi connectivity index (χ2n) is 10.0. The lowest BCUT2D eigenvalue weighted by Crippen LogP contribution is -2.58. The maximum Gasteiger partial charge on any atom is 0.255 e. The summed E-state index contributed by atoms with van der Waals surface area (Å²) in [7, 11) is 0. The van der Waals surface area contributed by atoms with Gasteiger partial charge >= 0.3 is 0 Å². The number of unbranched alkanes of at least 4 members (excludes halogenated alkanes) is 1. The van der Waals surface area contributed by atoms with E-state index in [1.807, 2.05) is 56.3 Å². The maximum atomic E-state index is 13.9. The van der Waals surface area contributed by atoms with Crippen molar-refractivity contribution in [2.45, 2.75) is 64.6 Å². The Hall–Kier alpha value is -3.61. The first-order chi connectivity index (χ1) is 17.5. The number of nitrogens with one attached hydrogen (secondary N) is 3. The normalized spacial score (nSPS) is 19.9. The molecule has 2 aliphatic heterocycles. The lowest BCUT2D eigenvalue weighted by atomic mass is 9.89. The van der Waals surface area contributed by atoms with E-state index in [1.54, 1.807) is 4.90 Å². The number of carbonyl (C=O) groups is 3. The van der Waals surface area contributed by atoms with E-state index in [4.69, 9.17) is 0 Å². The number of hydrogen-bond acceptors (Lipinski definition) is 3. The number of aromatic nitrogens is 1. The number of H-pyrrole nitrogens is 1. The van der Waals surface area contributed by atoms with Gasteiger partial charge in [-0.05, 0) is 35.6 Å². The Bertz CT molecular complexity index is 1310. The van der Waals surface area contributed by atoms with Gasteiger partial charge in [0.25, 0.3) is 5.91 Å². The van der Waals surface area contributed by atoms with Crippen LogP contribution < -0.4 is 10.6 Å². The number of nitrogens with zero attached hydrogens (tertiary/aromatic N) is 1. The van der Waals surface area contributed by atoms with Crippen molar-refractivity contribution in [2.75, 3.05) is 6.54 Å². The van der Waals surface area contributed by atoms with Gasteiger partial charge in [-0.25, -0.2) is 0 Å². The highest BCUT2D eigenvalue weighted by Crippen LogP contribution is 2.46. The van der Waals surface area contributed by atoms with Crippen LogP contribution in [-0.2, 0) is 16.0 Å². The molecule has 0 bridgehead atoms. The van der Waals surface area contributed by atoms with Crippen molar-refractivity contribution in [3.8, 4) is 0 Å². The molecule has 3 aromatic rings. The molecule has 0 radical (unpaired) electrons. The Morgan fingerprint density at radius 3 is 2.64 bits per heavy atom. The Morgan fingerprint density at radius 1 is 1.11 bits per heavy atom. The van der Waals surface area contributed by atoms with Crippen LogP contribution in [0.3, 0.4) is 0 Å². The highest BCUT2D eigenvalue weighted by Gasteiger charge is 2.49. The van der Waals surface area contributed by atoms with E-state index in [9.17, 15) is 14.4 Å². The minimum Gasteiger partial charge on any atom is -0.356 e. The Labute approximate surface area is 211 Å². The fourth-order valence-electron chi connectivity index (χ4n) is 5.59. The first-order valence-corrected chi connectivity index (χ1v) is 13.0. The molecule has 1 aromatic heterocycles. The molecular formula is C29H34N4O3. The fourth-order valence-corrected chi connectivity index (χ4v) is 5.59. The average Bonchev–Trinajstić information content (AvgIpc) is 3.42. The largest absolute Gasteiger partial charge is 0.356 e. The first kappa shape index (κ1) is 24.1. The number of carbonyl (C=O) groups excluding carboxylic acids is 3. The van der Waals surface area contributed by atoms with Crippen molar-refractivity contribution in [1.82, 2.24) is 20.5 Å². The zero-order valence-corrected chi connectivity index (χ0v) is 21.1. The summed E-state index contributed by atoms with van der Waals surface area (Å²) >= 11 is 0. The second kappa shape index (κ2) is 9.80. The summed E-state index contributed by atoms with van der Waals surface area (Å²) in [6, 6.07) is 13.9. The number of benzene rings is 2. The van der Waals surface area contributed by atoms with Crippen molar-refractivity contribution in [3.05, 3.63) is 70.9 Å². The summed E-state index contributed by atoms with van der Waals surface area (Å²) in [5.74, 6) is -0.631. The van der Waals surface area contributed by atoms with Crippen LogP contribution >= 0.6 is 0 Å². The molecule has 5 rings (SSSR count). The molecule has 3 N–H and O–H groups in total. The van der Waals surface area contributed by atoms with Gasteiger partial charge in [0.1, 0.15) is 12.1 Å². The van der Waals surface area contributed by atoms with Crippen LogP contribution in [0.1, 0.15) is 73.3 Å². The van der Waals surface area contributed by atoms with Gasteiger partial charge in [0.2, 0.25) is 11.8 Å². The van der Waals surface area contributed by atoms with Gasteiger partial charge < -0.3 is 20.5 Å². The minimum atomic E-state index is -0.711. The van der Waals surface area contributed by atoms with E-state index in [1.165, 1.54) is 0 Å². The average molecular weight is 487 g/mol. The molecule has 7 nitrogen and oxygen atoms in total. The molecule has 3 amide bonds. The maximum absolute atomic E-state index is 13.9. The van der Waals surface area contributed by atoms with Gasteiger partial charge in [-0.15, -0.1) is 0 Å². The number of rotatable bonds is 8. The van der Waals surface area contributed by atoms with Gasteiger partial charge in [0.15, 0.2) is 0 Å². The van der Waals surface area contributed by atoms with Gasteiger partial charge in [0, 0.05) is 35.1 Å². The molecule has 0 fully saturated rings. The van der Waals surface area contributed by atoms with Crippen LogP contribution in [-0.4, -0.2) is 46.2 Å². The van der Waals surface area contributed by atoms with E-state index < -0.39 is 12.1 Å². The lowest BCUT2D eigenvalue weighted by Gasteiger charge is -2.38. The number of hydrogen-bond donors (Lipinski definition) is 3. The van der Waals surface area contributed by atoms with Crippen molar-refractivity contribution in [3.63, 3.8) is 0 Å². The van der Waals surface area contributed by atoms with Crippen LogP contribution in [0.4, 0.5) is 0 Å². The Kier molecular flexibility index (Phi) is 6.56. The zero-order valence-electron chi connectivity index (χ0n) is 21.1. The third-order valence-corrected chi connectivity index (χ3v) is 7.78. The van der Waals surface area contributed by atoms with E-state index >= 15 is 0 Å².